The Morgan fingerprint density at radius 3 is 2.58 bits per heavy atom. The van der Waals surface area contributed by atoms with Crippen molar-refractivity contribution in [3.63, 3.8) is 0 Å². The number of hydrogen-bond donors (Lipinski definition) is 1. The predicted molar refractivity (Wildman–Crippen MR) is 115 cm³/mol. The van der Waals surface area contributed by atoms with Gasteiger partial charge in [-0.2, -0.15) is 4.68 Å². The minimum Gasteiger partial charge on any atom is -0.456 e. The van der Waals surface area contributed by atoms with Gasteiger partial charge >= 0.3 is 5.97 Å². The molecule has 1 atom stereocenters. The second-order valence-electron chi connectivity index (χ2n) is 8.99. The van der Waals surface area contributed by atoms with Crippen molar-refractivity contribution < 1.29 is 19.4 Å². The molecular formula is C22H27N7O4. The van der Waals surface area contributed by atoms with Gasteiger partial charge in [-0.15, -0.1) is 5.10 Å². The average Bonchev–Trinajstić information content (AvgIpc) is 3.56. The number of tetrazole rings is 1. The van der Waals surface area contributed by atoms with E-state index in [0.29, 0.717) is 24.4 Å². The highest BCUT2D eigenvalue weighted by molar-refractivity contribution is 5.94. The molecule has 0 saturated carbocycles. The van der Waals surface area contributed by atoms with Crippen LogP contribution in [0.3, 0.4) is 0 Å². The molecule has 1 spiro atoms. The summed E-state index contributed by atoms with van der Waals surface area (Å²) in [6, 6.07) is 3.78. The number of piperidine rings is 1. The molecule has 2 saturated heterocycles. The fourth-order valence-electron chi connectivity index (χ4n) is 5.13. The highest BCUT2D eigenvalue weighted by atomic mass is 16.5. The Hall–Kier alpha value is -3.18. The largest absolute Gasteiger partial charge is 0.456 e. The van der Waals surface area contributed by atoms with E-state index in [0.717, 1.165) is 43.6 Å². The number of hydrogen-bond acceptors (Lipinski definition) is 9. The molecule has 1 amide bonds. The van der Waals surface area contributed by atoms with Gasteiger partial charge in [0, 0.05) is 18.8 Å². The van der Waals surface area contributed by atoms with E-state index in [1.807, 2.05) is 12.1 Å². The highest BCUT2D eigenvalue weighted by Crippen LogP contribution is 2.44. The molecule has 2 aromatic rings. The molecule has 33 heavy (non-hydrogen) atoms. The van der Waals surface area contributed by atoms with Gasteiger partial charge in [0.1, 0.15) is 12.9 Å². The quantitative estimate of drug-likeness (QED) is 0.606. The van der Waals surface area contributed by atoms with Crippen LogP contribution >= 0.6 is 0 Å². The monoisotopic (exact) mass is 453 g/mol. The lowest BCUT2D eigenvalue weighted by atomic mass is 9.76. The van der Waals surface area contributed by atoms with Gasteiger partial charge in [0.05, 0.1) is 23.3 Å². The van der Waals surface area contributed by atoms with Crippen molar-refractivity contribution in [3.05, 3.63) is 41.5 Å². The maximum absolute atomic E-state index is 13.3. The second-order valence-corrected chi connectivity index (χ2v) is 8.99. The first-order valence-corrected chi connectivity index (χ1v) is 11.2. The summed E-state index contributed by atoms with van der Waals surface area (Å²) < 4.78 is 6.59. The molecule has 0 bridgehead atoms. The number of aliphatic hydroxyl groups is 1. The number of likely N-dealkylation sites (tertiary alicyclic amines) is 2. The van der Waals surface area contributed by atoms with Crippen molar-refractivity contribution in [2.45, 2.75) is 38.6 Å². The second kappa shape index (κ2) is 8.64. The van der Waals surface area contributed by atoms with E-state index < -0.39 is 0 Å². The van der Waals surface area contributed by atoms with Gasteiger partial charge in [-0.05, 0) is 67.8 Å². The average molecular weight is 454 g/mol. The molecule has 2 aromatic heterocycles. The molecule has 1 N–H and O–H groups in total. The van der Waals surface area contributed by atoms with E-state index in [4.69, 9.17) is 4.74 Å². The Balaban J connectivity index is 1.21. The lowest BCUT2D eigenvalue weighted by Crippen LogP contribution is -2.49. The summed E-state index contributed by atoms with van der Waals surface area (Å²) in [4.78, 5) is 33.5. The van der Waals surface area contributed by atoms with Gasteiger partial charge in [-0.3, -0.25) is 9.69 Å². The van der Waals surface area contributed by atoms with Crippen LogP contribution in [0.2, 0.25) is 0 Å². The molecule has 174 valence electrons. The maximum atomic E-state index is 13.3. The number of ether oxygens (including phenoxy) is 1. The van der Waals surface area contributed by atoms with E-state index in [-0.39, 0.29) is 36.5 Å². The maximum Gasteiger partial charge on any atom is 0.336 e. The molecule has 0 aromatic carbocycles. The third kappa shape index (κ3) is 3.91. The highest BCUT2D eigenvalue weighted by Gasteiger charge is 2.50. The van der Waals surface area contributed by atoms with E-state index in [1.54, 1.807) is 18.0 Å². The van der Waals surface area contributed by atoms with E-state index in [9.17, 15) is 14.7 Å². The van der Waals surface area contributed by atoms with Crippen molar-refractivity contribution in [2.75, 3.05) is 32.8 Å². The molecule has 0 unspecified atom stereocenters. The number of amides is 1. The summed E-state index contributed by atoms with van der Waals surface area (Å²) >= 11 is 0. The SMILES string of the molecule is CC1=C(N2CCC3(CCN([C@@H](CO)Cc4ccc(-n5cnnn5)nc4)CC3)C2=O)COC1=O. The van der Waals surface area contributed by atoms with Crippen molar-refractivity contribution in [1.82, 2.24) is 35.0 Å². The number of aromatic nitrogens is 5. The first-order chi connectivity index (χ1) is 16.0. The lowest BCUT2D eigenvalue weighted by Gasteiger charge is -2.41. The number of pyridine rings is 1. The molecule has 5 rings (SSSR count). The van der Waals surface area contributed by atoms with Crippen LogP contribution < -0.4 is 0 Å². The van der Waals surface area contributed by atoms with Crippen LogP contribution in [0.1, 0.15) is 31.7 Å². The van der Waals surface area contributed by atoms with Crippen LogP contribution in [-0.4, -0.2) is 90.9 Å². The summed E-state index contributed by atoms with van der Waals surface area (Å²) in [6.45, 7) is 4.06. The predicted octanol–water partition coefficient (Wildman–Crippen LogP) is 0.106. The molecule has 5 heterocycles. The van der Waals surface area contributed by atoms with E-state index in [1.165, 1.54) is 11.0 Å². The fraction of sp³-hybridized carbons (Fsp3) is 0.545. The molecule has 2 fully saturated rings. The summed E-state index contributed by atoms with van der Waals surface area (Å²) in [5, 5.41) is 21.1. The zero-order valence-corrected chi connectivity index (χ0v) is 18.6. The molecule has 11 nitrogen and oxygen atoms in total. The van der Waals surface area contributed by atoms with Crippen LogP contribution in [0.25, 0.3) is 5.82 Å². The Morgan fingerprint density at radius 2 is 1.97 bits per heavy atom. The first kappa shape index (κ1) is 21.7. The number of carbonyl (C=O) groups is 2. The number of nitrogens with zero attached hydrogens (tertiary/aromatic N) is 7. The van der Waals surface area contributed by atoms with Gasteiger partial charge in [0.2, 0.25) is 5.91 Å². The normalized spacial score (nSPS) is 21.8. The Labute approximate surface area is 191 Å². The third-order valence-corrected chi connectivity index (χ3v) is 7.26. The Kier molecular flexibility index (Phi) is 5.67. The minimum absolute atomic E-state index is 0.0351. The van der Waals surface area contributed by atoms with E-state index >= 15 is 0 Å². The summed E-state index contributed by atoms with van der Waals surface area (Å²) in [5.74, 6) is 0.408. The molecule has 0 aliphatic carbocycles. The zero-order valence-electron chi connectivity index (χ0n) is 18.6. The topological polar surface area (TPSA) is 127 Å². The molecule has 11 heteroatoms. The van der Waals surface area contributed by atoms with Crippen LogP contribution in [0.5, 0.6) is 0 Å². The number of rotatable bonds is 6. The van der Waals surface area contributed by atoms with Crippen molar-refractivity contribution in [2.24, 2.45) is 5.41 Å². The number of aliphatic hydroxyl groups excluding tert-OH is 1. The molecule has 3 aliphatic heterocycles. The van der Waals surface area contributed by atoms with Crippen molar-refractivity contribution >= 4 is 11.9 Å². The zero-order chi connectivity index (χ0) is 23.0. The fourth-order valence-corrected chi connectivity index (χ4v) is 5.13. The number of carbonyl (C=O) groups excluding carboxylic acids is 2. The van der Waals surface area contributed by atoms with Crippen LogP contribution in [0, 0.1) is 5.41 Å². The number of esters is 1. The summed E-state index contributed by atoms with van der Waals surface area (Å²) in [7, 11) is 0. The van der Waals surface area contributed by atoms with Crippen molar-refractivity contribution in [1.29, 1.82) is 0 Å². The smallest absolute Gasteiger partial charge is 0.336 e. The van der Waals surface area contributed by atoms with Gasteiger partial charge in [-0.25, -0.2) is 9.78 Å². The van der Waals surface area contributed by atoms with Crippen LogP contribution in [-0.2, 0) is 20.7 Å². The molecular weight excluding hydrogens is 426 g/mol. The lowest BCUT2D eigenvalue weighted by molar-refractivity contribution is -0.139. The molecule has 3 aliphatic rings. The van der Waals surface area contributed by atoms with Gasteiger partial charge < -0.3 is 14.7 Å². The van der Waals surface area contributed by atoms with Crippen LogP contribution in [0.4, 0.5) is 0 Å². The first-order valence-electron chi connectivity index (χ1n) is 11.2. The third-order valence-electron chi connectivity index (χ3n) is 7.26. The van der Waals surface area contributed by atoms with Gasteiger partial charge in [0.15, 0.2) is 5.82 Å². The van der Waals surface area contributed by atoms with Crippen LogP contribution in [0.15, 0.2) is 35.9 Å². The van der Waals surface area contributed by atoms with Gasteiger partial charge in [-0.1, -0.05) is 6.07 Å². The summed E-state index contributed by atoms with van der Waals surface area (Å²) in [5.41, 5.74) is 1.89. The van der Waals surface area contributed by atoms with Crippen molar-refractivity contribution in [3.8, 4) is 5.82 Å². The standard InChI is InChI=1S/C22H27N7O4/c1-15-18(13-33-20(15)31)28-9-6-22(21(28)32)4-7-27(8-5-22)17(12-30)10-16-2-3-19(23-11-16)29-14-24-25-26-29/h2-3,11,14,17,30H,4-10,12-13H2,1H3/t17-/m1/s1. The van der Waals surface area contributed by atoms with E-state index in [2.05, 4.69) is 25.4 Å². The Bertz CT molecular complexity index is 1060. The summed E-state index contributed by atoms with van der Waals surface area (Å²) in [6.07, 6.45) is 6.22. The van der Waals surface area contributed by atoms with Gasteiger partial charge in [0.25, 0.3) is 0 Å². The molecule has 0 radical (unpaired) electrons. The number of cyclic esters (lactones) is 1. The Morgan fingerprint density at radius 1 is 1.18 bits per heavy atom. The minimum atomic E-state index is -0.384.